The van der Waals surface area contributed by atoms with Gasteiger partial charge in [0, 0.05) is 13.0 Å². The zero-order valence-electron chi connectivity index (χ0n) is 8.94. The topological polar surface area (TPSA) is 52.6 Å². The van der Waals surface area contributed by atoms with E-state index in [-0.39, 0.29) is 5.91 Å². The molecule has 1 heterocycles. The second kappa shape index (κ2) is 3.22. The molecular formula is C12H14N2O2. The Morgan fingerprint density at radius 3 is 2.81 bits per heavy atom. The third-order valence-corrected chi connectivity index (χ3v) is 3.24. The predicted octanol–water partition coefficient (Wildman–Crippen LogP) is 0.909. The van der Waals surface area contributed by atoms with Gasteiger partial charge in [0.05, 0.1) is 11.3 Å². The number of hydrogen-bond acceptors (Lipinski definition) is 3. The standard InChI is InChI=1S/C12H14N2O2/c15-11-4-7-14(13-11)10-3-1-2-9(8-10)12(16)5-6-12/h1-3,8,16H,4-7H2,(H,13,15). The maximum Gasteiger partial charge on any atom is 0.240 e. The molecule has 4 heteroatoms. The molecule has 2 N–H and O–H groups in total. The Balaban J connectivity index is 1.87. The van der Waals surface area contributed by atoms with E-state index in [1.807, 2.05) is 29.3 Å². The third kappa shape index (κ3) is 1.55. The maximum absolute atomic E-state index is 11.1. The second-order valence-electron chi connectivity index (χ2n) is 4.52. The van der Waals surface area contributed by atoms with Gasteiger partial charge in [-0.15, -0.1) is 0 Å². The summed E-state index contributed by atoms with van der Waals surface area (Å²) >= 11 is 0. The minimum absolute atomic E-state index is 0.0514. The van der Waals surface area contributed by atoms with Gasteiger partial charge in [-0.25, -0.2) is 0 Å². The smallest absolute Gasteiger partial charge is 0.240 e. The van der Waals surface area contributed by atoms with Gasteiger partial charge in [0.1, 0.15) is 0 Å². The fourth-order valence-electron chi connectivity index (χ4n) is 2.04. The number of hydrogen-bond donors (Lipinski definition) is 2. The van der Waals surface area contributed by atoms with Crippen LogP contribution in [0.2, 0.25) is 0 Å². The number of nitrogens with zero attached hydrogens (tertiary/aromatic N) is 1. The van der Waals surface area contributed by atoms with Crippen LogP contribution < -0.4 is 10.4 Å². The van der Waals surface area contributed by atoms with Crippen LogP contribution in [0.1, 0.15) is 24.8 Å². The number of anilines is 1. The molecule has 0 aromatic heterocycles. The summed E-state index contributed by atoms with van der Waals surface area (Å²) in [6.45, 7) is 0.695. The molecule has 0 spiro atoms. The van der Waals surface area contributed by atoms with Gasteiger partial charge in [-0.05, 0) is 30.5 Å². The first-order valence-corrected chi connectivity index (χ1v) is 5.57. The summed E-state index contributed by atoms with van der Waals surface area (Å²) in [4.78, 5) is 11.1. The number of amides is 1. The predicted molar refractivity (Wildman–Crippen MR) is 59.7 cm³/mol. The SMILES string of the molecule is O=C1CCN(c2cccc(C3(O)CC3)c2)N1. The van der Waals surface area contributed by atoms with Crippen LogP contribution in [-0.4, -0.2) is 17.6 Å². The minimum atomic E-state index is -0.611. The molecule has 0 unspecified atom stereocenters. The van der Waals surface area contributed by atoms with E-state index >= 15 is 0 Å². The molecular weight excluding hydrogens is 204 g/mol. The molecule has 1 aliphatic carbocycles. The summed E-state index contributed by atoms with van der Waals surface area (Å²) in [5, 5.41) is 11.8. The van der Waals surface area contributed by atoms with Gasteiger partial charge in [-0.2, -0.15) is 0 Å². The van der Waals surface area contributed by atoms with Crippen molar-refractivity contribution in [1.82, 2.24) is 5.43 Å². The van der Waals surface area contributed by atoms with Crippen molar-refractivity contribution < 1.29 is 9.90 Å². The molecule has 4 nitrogen and oxygen atoms in total. The molecule has 1 aromatic carbocycles. The van der Waals surface area contributed by atoms with Crippen molar-refractivity contribution in [1.29, 1.82) is 0 Å². The lowest BCUT2D eigenvalue weighted by Gasteiger charge is -2.19. The third-order valence-electron chi connectivity index (χ3n) is 3.24. The maximum atomic E-state index is 11.1. The van der Waals surface area contributed by atoms with Crippen molar-refractivity contribution in [3.8, 4) is 0 Å². The molecule has 0 bridgehead atoms. The fraction of sp³-hybridized carbons (Fsp3) is 0.417. The lowest BCUT2D eigenvalue weighted by Crippen LogP contribution is -2.33. The van der Waals surface area contributed by atoms with Crippen molar-refractivity contribution >= 4 is 11.6 Å². The second-order valence-corrected chi connectivity index (χ2v) is 4.52. The van der Waals surface area contributed by atoms with Crippen LogP contribution in [0.4, 0.5) is 5.69 Å². The van der Waals surface area contributed by atoms with Crippen LogP contribution in [-0.2, 0) is 10.4 Å². The van der Waals surface area contributed by atoms with Crippen molar-refractivity contribution in [2.75, 3.05) is 11.6 Å². The molecule has 0 radical (unpaired) electrons. The van der Waals surface area contributed by atoms with E-state index < -0.39 is 5.60 Å². The van der Waals surface area contributed by atoms with Crippen molar-refractivity contribution in [3.05, 3.63) is 29.8 Å². The highest BCUT2D eigenvalue weighted by Crippen LogP contribution is 2.45. The number of carbonyl (C=O) groups is 1. The first-order valence-electron chi connectivity index (χ1n) is 5.57. The lowest BCUT2D eigenvalue weighted by atomic mass is 10.1. The quantitative estimate of drug-likeness (QED) is 0.775. The van der Waals surface area contributed by atoms with E-state index in [2.05, 4.69) is 5.43 Å². The number of hydrazine groups is 1. The van der Waals surface area contributed by atoms with E-state index in [4.69, 9.17) is 0 Å². The molecule has 3 rings (SSSR count). The van der Waals surface area contributed by atoms with Crippen molar-refractivity contribution in [3.63, 3.8) is 0 Å². The van der Waals surface area contributed by atoms with Crippen LogP contribution in [0, 0.1) is 0 Å². The molecule has 0 atom stereocenters. The average molecular weight is 218 g/mol. The zero-order chi connectivity index (χ0) is 11.2. The highest BCUT2D eigenvalue weighted by atomic mass is 16.3. The summed E-state index contributed by atoms with van der Waals surface area (Å²) in [6.07, 6.45) is 2.21. The van der Waals surface area contributed by atoms with Gasteiger partial charge in [-0.1, -0.05) is 12.1 Å². The van der Waals surface area contributed by atoms with Crippen LogP contribution >= 0.6 is 0 Å². The molecule has 1 amide bonds. The Bertz CT molecular complexity index is 440. The van der Waals surface area contributed by atoms with Crippen molar-refractivity contribution in [2.24, 2.45) is 0 Å². The van der Waals surface area contributed by atoms with Crippen LogP contribution in [0.5, 0.6) is 0 Å². The lowest BCUT2D eigenvalue weighted by molar-refractivity contribution is -0.119. The monoisotopic (exact) mass is 218 g/mol. The Hall–Kier alpha value is -1.55. The molecule has 2 fully saturated rings. The van der Waals surface area contributed by atoms with Gasteiger partial charge >= 0.3 is 0 Å². The minimum Gasteiger partial charge on any atom is -0.385 e. The van der Waals surface area contributed by atoms with E-state index in [9.17, 15) is 9.90 Å². The largest absolute Gasteiger partial charge is 0.385 e. The number of carbonyl (C=O) groups excluding carboxylic acids is 1. The summed E-state index contributed by atoms with van der Waals surface area (Å²) < 4.78 is 0. The van der Waals surface area contributed by atoms with Gasteiger partial charge in [0.15, 0.2) is 0 Å². The summed E-state index contributed by atoms with van der Waals surface area (Å²) in [5.41, 5.74) is 4.07. The van der Waals surface area contributed by atoms with E-state index in [1.165, 1.54) is 0 Å². The molecule has 1 saturated heterocycles. The summed E-state index contributed by atoms with van der Waals surface area (Å²) in [6, 6.07) is 7.76. The Labute approximate surface area is 93.8 Å². The highest BCUT2D eigenvalue weighted by Gasteiger charge is 2.42. The average Bonchev–Trinajstić information content (AvgIpc) is 2.89. The first kappa shape index (κ1) is 9.66. The van der Waals surface area contributed by atoms with E-state index in [1.54, 1.807) is 0 Å². The van der Waals surface area contributed by atoms with Gasteiger partial charge in [-0.3, -0.25) is 15.2 Å². The molecule has 84 valence electrons. The molecule has 1 aliphatic heterocycles. The Kier molecular flexibility index (Phi) is 1.94. The molecule has 2 aliphatic rings. The number of aliphatic hydroxyl groups is 1. The number of nitrogens with one attached hydrogen (secondary N) is 1. The van der Waals surface area contributed by atoms with Crippen LogP contribution in [0.15, 0.2) is 24.3 Å². The Morgan fingerprint density at radius 1 is 1.38 bits per heavy atom. The Morgan fingerprint density at radius 2 is 2.19 bits per heavy atom. The number of benzene rings is 1. The first-order chi connectivity index (χ1) is 7.67. The van der Waals surface area contributed by atoms with E-state index in [0.29, 0.717) is 13.0 Å². The summed E-state index contributed by atoms with van der Waals surface area (Å²) in [7, 11) is 0. The fourth-order valence-corrected chi connectivity index (χ4v) is 2.04. The number of rotatable bonds is 2. The molecule has 1 saturated carbocycles. The van der Waals surface area contributed by atoms with Gasteiger partial charge in [0.2, 0.25) is 5.91 Å². The van der Waals surface area contributed by atoms with Crippen LogP contribution in [0.25, 0.3) is 0 Å². The van der Waals surface area contributed by atoms with Crippen molar-refractivity contribution in [2.45, 2.75) is 24.9 Å². The molecule has 16 heavy (non-hydrogen) atoms. The normalized spacial score (nSPS) is 22.1. The highest BCUT2D eigenvalue weighted by molar-refractivity contribution is 5.81. The van der Waals surface area contributed by atoms with E-state index in [0.717, 1.165) is 24.1 Å². The zero-order valence-corrected chi connectivity index (χ0v) is 8.94. The van der Waals surface area contributed by atoms with Crippen LogP contribution in [0.3, 0.4) is 0 Å². The van der Waals surface area contributed by atoms with Gasteiger partial charge < -0.3 is 5.11 Å². The van der Waals surface area contributed by atoms with Gasteiger partial charge in [0.25, 0.3) is 0 Å². The summed E-state index contributed by atoms with van der Waals surface area (Å²) in [5.74, 6) is 0.0514. The molecule has 1 aromatic rings.